The average Bonchev–Trinajstić information content (AvgIpc) is 2.70. The van der Waals surface area contributed by atoms with Crippen LogP contribution in [0.5, 0.6) is 0 Å². The Morgan fingerprint density at radius 2 is 2.29 bits per heavy atom. The number of aliphatic hydroxyl groups is 1. The number of hydrogen-bond acceptors (Lipinski definition) is 4. The van der Waals surface area contributed by atoms with Crippen molar-refractivity contribution in [1.29, 1.82) is 0 Å². The van der Waals surface area contributed by atoms with E-state index in [4.69, 9.17) is 5.73 Å². The van der Waals surface area contributed by atoms with Crippen molar-refractivity contribution >= 4 is 5.69 Å². The zero-order chi connectivity index (χ0) is 11.9. The largest absolute Gasteiger partial charge is 0.398 e. The Hall–Kier alpha value is -1.13. The number of pyridine rings is 1. The minimum atomic E-state index is -0.793. The summed E-state index contributed by atoms with van der Waals surface area (Å²) in [5, 5.41) is 11.0. The van der Waals surface area contributed by atoms with E-state index in [2.05, 4.69) is 9.88 Å². The maximum atomic E-state index is 11.0. The summed E-state index contributed by atoms with van der Waals surface area (Å²) < 4.78 is 0. The van der Waals surface area contributed by atoms with Gasteiger partial charge in [-0.1, -0.05) is 6.42 Å². The zero-order valence-electron chi connectivity index (χ0n) is 9.97. The molecule has 4 heteroatoms. The van der Waals surface area contributed by atoms with E-state index in [1.165, 1.54) is 12.8 Å². The van der Waals surface area contributed by atoms with Crippen LogP contribution < -0.4 is 5.73 Å². The van der Waals surface area contributed by atoms with Gasteiger partial charge >= 0.3 is 0 Å². The Morgan fingerprint density at radius 3 is 3.12 bits per heavy atom. The highest BCUT2D eigenvalue weighted by atomic mass is 16.3. The SMILES string of the molecule is Nc1ccncc1C1(O)CCN2CCCCC21. The highest BCUT2D eigenvalue weighted by molar-refractivity contribution is 5.49. The molecule has 17 heavy (non-hydrogen) atoms. The van der Waals surface area contributed by atoms with Crippen LogP contribution in [-0.2, 0) is 5.60 Å². The van der Waals surface area contributed by atoms with Gasteiger partial charge in [0.05, 0.1) is 0 Å². The van der Waals surface area contributed by atoms with E-state index in [1.807, 2.05) is 0 Å². The monoisotopic (exact) mass is 233 g/mol. The molecule has 2 fully saturated rings. The normalized spacial score (nSPS) is 33.6. The van der Waals surface area contributed by atoms with Gasteiger partial charge < -0.3 is 10.8 Å². The van der Waals surface area contributed by atoms with Crippen molar-refractivity contribution in [2.45, 2.75) is 37.3 Å². The molecule has 0 aromatic carbocycles. The van der Waals surface area contributed by atoms with Gasteiger partial charge in [-0.25, -0.2) is 0 Å². The number of fused-ring (bicyclic) bond motifs is 1. The van der Waals surface area contributed by atoms with E-state index in [0.717, 1.165) is 31.5 Å². The molecular formula is C13H19N3O. The van der Waals surface area contributed by atoms with E-state index >= 15 is 0 Å². The third-order valence-corrected chi connectivity index (χ3v) is 4.27. The Bertz CT molecular complexity index is 423. The van der Waals surface area contributed by atoms with Crippen LogP contribution >= 0.6 is 0 Å². The second-order valence-corrected chi connectivity index (χ2v) is 5.18. The van der Waals surface area contributed by atoms with Crippen molar-refractivity contribution < 1.29 is 5.11 Å². The molecule has 2 aliphatic heterocycles. The van der Waals surface area contributed by atoms with Crippen LogP contribution in [0.15, 0.2) is 18.5 Å². The lowest BCUT2D eigenvalue weighted by Gasteiger charge is -2.37. The van der Waals surface area contributed by atoms with Crippen LogP contribution in [0.4, 0.5) is 5.69 Å². The van der Waals surface area contributed by atoms with Crippen LogP contribution in [-0.4, -0.2) is 34.1 Å². The van der Waals surface area contributed by atoms with Crippen LogP contribution in [0.2, 0.25) is 0 Å². The molecule has 3 heterocycles. The first-order valence-electron chi connectivity index (χ1n) is 6.38. The molecule has 2 aliphatic rings. The highest BCUT2D eigenvalue weighted by Crippen LogP contribution is 2.43. The topological polar surface area (TPSA) is 62.4 Å². The van der Waals surface area contributed by atoms with Gasteiger partial charge in [-0.15, -0.1) is 0 Å². The van der Waals surface area contributed by atoms with Crippen LogP contribution in [0, 0.1) is 0 Å². The summed E-state index contributed by atoms with van der Waals surface area (Å²) in [6, 6.07) is 2.00. The number of hydrogen-bond donors (Lipinski definition) is 2. The molecule has 92 valence electrons. The van der Waals surface area contributed by atoms with Crippen LogP contribution in [0.3, 0.4) is 0 Å². The number of anilines is 1. The predicted molar refractivity (Wildman–Crippen MR) is 66.4 cm³/mol. The van der Waals surface area contributed by atoms with Gasteiger partial charge in [0.2, 0.25) is 0 Å². The number of aromatic nitrogens is 1. The summed E-state index contributed by atoms with van der Waals surface area (Å²) in [6.45, 7) is 2.07. The summed E-state index contributed by atoms with van der Waals surface area (Å²) in [5.74, 6) is 0. The summed E-state index contributed by atoms with van der Waals surface area (Å²) in [4.78, 5) is 6.51. The molecule has 2 atom stereocenters. The van der Waals surface area contributed by atoms with E-state index in [1.54, 1.807) is 18.5 Å². The molecule has 4 nitrogen and oxygen atoms in total. The zero-order valence-corrected chi connectivity index (χ0v) is 9.97. The average molecular weight is 233 g/mol. The highest BCUT2D eigenvalue weighted by Gasteiger charge is 2.48. The number of piperidine rings is 1. The van der Waals surface area contributed by atoms with Gasteiger partial charge in [0.25, 0.3) is 0 Å². The fourth-order valence-corrected chi connectivity index (χ4v) is 3.36. The van der Waals surface area contributed by atoms with Gasteiger partial charge in [0, 0.05) is 36.2 Å². The molecule has 3 N–H and O–H groups in total. The lowest BCUT2D eigenvalue weighted by molar-refractivity contribution is -0.0134. The number of nitrogens with two attached hydrogens (primary N) is 1. The molecule has 3 rings (SSSR count). The molecule has 0 radical (unpaired) electrons. The third-order valence-electron chi connectivity index (χ3n) is 4.27. The first-order chi connectivity index (χ1) is 8.22. The van der Waals surface area contributed by atoms with Gasteiger partial charge in [0.15, 0.2) is 0 Å². The molecule has 0 saturated carbocycles. The van der Waals surface area contributed by atoms with Gasteiger partial charge in [-0.3, -0.25) is 9.88 Å². The second-order valence-electron chi connectivity index (χ2n) is 5.18. The fraction of sp³-hybridized carbons (Fsp3) is 0.615. The van der Waals surface area contributed by atoms with Crippen molar-refractivity contribution in [1.82, 2.24) is 9.88 Å². The van der Waals surface area contributed by atoms with E-state index < -0.39 is 5.60 Å². The maximum absolute atomic E-state index is 11.0. The second kappa shape index (κ2) is 3.96. The molecule has 0 bridgehead atoms. The molecule has 2 saturated heterocycles. The molecule has 2 unspecified atom stereocenters. The summed E-state index contributed by atoms with van der Waals surface area (Å²) >= 11 is 0. The number of rotatable bonds is 1. The van der Waals surface area contributed by atoms with Crippen molar-refractivity contribution in [2.24, 2.45) is 0 Å². The minimum absolute atomic E-state index is 0.225. The van der Waals surface area contributed by atoms with Gasteiger partial charge in [-0.05, 0) is 31.9 Å². The molecule has 0 amide bonds. The van der Waals surface area contributed by atoms with Crippen molar-refractivity contribution in [3.63, 3.8) is 0 Å². The third kappa shape index (κ3) is 1.63. The minimum Gasteiger partial charge on any atom is -0.398 e. The quantitative estimate of drug-likeness (QED) is 0.762. The Balaban J connectivity index is 1.98. The standard InChI is InChI=1S/C13H19N3O/c14-11-4-6-15-9-10(11)13(17)5-8-16-7-2-1-3-12(13)16/h4,6,9,12,17H,1-3,5,7-8H2,(H2,14,15). The molecule has 0 spiro atoms. The van der Waals surface area contributed by atoms with E-state index in [9.17, 15) is 5.11 Å². The van der Waals surface area contributed by atoms with Gasteiger partial charge in [0.1, 0.15) is 5.60 Å². The predicted octanol–water partition coefficient (Wildman–Crippen LogP) is 1.11. The van der Waals surface area contributed by atoms with Crippen LogP contribution in [0.25, 0.3) is 0 Å². The Kier molecular flexibility index (Phi) is 2.56. The van der Waals surface area contributed by atoms with Crippen molar-refractivity contribution in [3.05, 3.63) is 24.0 Å². The molecule has 1 aromatic rings. The van der Waals surface area contributed by atoms with Crippen LogP contribution in [0.1, 0.15) is 31.2 Å². The van der Waals surface area contributed by atoms with Gasteiger partial charge in [-0.2, -0.15) is 0 Å². The smallest absolute Gasteiger partial charge is 0.110 e. The lowest BCUT2D eigenvalue weighted by atomic mass is 9.83. The number of nitrogens with zero attached hydrogens (tertiary/aromatic N) is 2. The maximum Gasteiger partial charge on any atom is 0.110 e. The van der Waals surface area contributed by atoms with E-state index in [-0.39, 0.29) is 6.04 Å². The Morgan fingerprint density at radius 1 is 1.41 bits per heavy atom. The Labute approximate surface area is 101 Å². The molecule has 1 aromatic heterocycles. The van der Waals surface area contributed by atoms with E-state index in [0.29, 0.717) is 5.69 Å². The summed E-state index contributed by atoms with van der Waals surface area (Å²) in [6.07, 6.45) is 7.68. The first-order valence-corrected chi connectivity index (χ1v) is 6.38. The first kappa shape index (κ1) is 11.0. The van der Waals surface area contributed by atoms with Crippen molar-refractivity contribution in [3.8, 4) is 0 Å². The lowest BCUT2D eigenvalue weighted by Crippen LogP contribution is -2.45. The van der Waals surface area contributed by atoms with Crippen molar-refractivity contribution in [2.75, 3.05) is 18.8 Å². The molecular weight excluding hydrogens is 214 g/mol. The number of nitrogen functional groups attached to an aromatic ring is 1. The molecule has 0 aliphatic carbocycles. The fourth-order valence-electron chi connectivity index (χ4n) is 3.36. The summed E-state index contributed by atoms with van der Waals surface area (Å²) in [7, 11) is 0. The summed E-state index contributed by atoms with van der Waals surface area (Å²) in [5.41, 5.74) is 6.67.